The highest BCUT2D eigenvalue weighted by molar-refractivity contribution is 7.99. The lowest BCUT2D eigenvalue weighted by Gasteiger charge is -2.44. The Morgan fingerprint density at radius 2 is 1.79 bits per heavy atom. The van der Waals surface area contributed by atoms with Crippen molar-refractivity contribution in [2.75, 3.05) is 11.5 Å². The fraction of sp³-hybridized carbons (Fsp3) is 0.933. The molecule has 2 rings (SSSR count). The molecule has 0 aromatic rings. The van der Waals surface area contributed by atoms with E-state index in [0.29, 0.717) is 6.04 Å². The summed E-state index contributed by atoms with van der Waals surface area (Å²) in [5, 5.41) is 3.67. The van der Waals surface area contributed by atoms with Gasteiger partial charge in [-0.05, 0) is 30.4 Å². The van der Waals surface area contributed by atoms with Gasteiger partial charge in [0.15, 0.2) is 0 Å². The average molecular weight is 284 g/mol. The zero-order valence-electron chi connectivity index (χ0n) is 12.3. The van der Waals surface area contributed by atoms with E-state index < -0.39 is 5.54 Å². The van der Waals surface area contributed by atoms with Gasteiger partial charge in [0.1, 0.15) is 5.54 Å². The molecule has 0 aromatic carbocycles. The topological polar surface area (TPSA) is 55.1 Å². The molecule has 1 atom stereocenters. The van der Waals surface area contributed by atoms with Crippen molar-refractivity contribution in [2.45, 2.75) is 70.4 Å². The number of amides is 1. The molecular weight excluding hydrogens is 256 g/mol. The van der Waals surface area contributed by atoms with Crippen molar-refractivity contribution in [3.63, 3.8) is 0 Å². The van der Waals surface area contributed by atoms with Crippen LogP contribution in [0.25, 0.3) is 0 Å². The van der Waals surface area contributed by atoms with E-state index in [1.165, 1.54) is 38.5 Å². The Morgan fingerprint density at radius 3 is 2.32 bits per heavy atom. The summed E-state index contributed by atoms with van der Waals surface area (Å²) in [7, 11) is 0. The molecule has 1 aliphatic carbocycles. The van der Waals surface area contributed by atoms with E-state index in [1.807, 2.05) is 11.8 Å². The molecule has 110 valence electrons. The van der Waals surface area contributed by atoms with Crippen LogP contribution in [0.2, 0.25) is 0 Å². The Hall–Kier alpha value is -0.220. The number of thioether (sulfide) groups is 1. The first kappa shape index (κ1) is 15.2. The summed E-state index contributed by atoms with van der Waals surface area (Å²) in [5.74, 6) is 1.80. The third kappa shape index (κ3) is 3.88. The Balaban J connectivity index is 2.08. The van der Waals surface area contributed by atoms with Gasteiger partial charge in [0.2, 0.25) is 5.91 Å². The van der Waals surface area contributed by atoms with Crippen LogP contribution in [0, 0.1) is 5.41 Å². The van der Waals surface area contributed by atoms with Crippen LogP contribution in [0.1, 0.15) is 58.8 Å². The summed E-state index contributed by atoms with van der Waals surface area (Å²) in [6, 6.07) is 0.476. The molecule has 0 spiro atoms. The number of hydrogen-bond acceptors (Lipinski definition) is 3. The van der Waals surface area contributed by atoms with E-state index >= 15 is 0 Å². The lowest BCUT2D eigenvalue weighted by atomic mass is 9.78. The second-order valence-corrected chi connectivity index (χ2v) is 8.10. The Morgan fingerprint density at radius 1 is 1.16 bits per heavy atom. The highest BCUT2D eigenvalue weighted by atomic mass is 32.2. The van der Waals surface area contributed by atoms with Gasteiger partial charge in [-0.15, -0.1) is 0 Å². The van der Waals surface area contributed by atoms with Crippen LogP contribution >= 0.6 is 11.8 Å². The van der Waals surface area contributed by atoms with E-state index in [1.54, 1.807) is 0 Å². The van der Waals surface area contributed by atoms with Crippen molar-refractivity contribution >= 4 is 17.7 Å². The van der Waals surface area contributed by atoms with Gasteiger partial charge in [-0.1, -0.05) is 39.5 Å². The number of rotatable bonds is 3. The number of nitrogens with one attached hydrogen (secondary N) is 1. The quantitative estimate of drug-likeness (QED) is 0.783. The molecule has 1 saturated carbocycles. The fourth-order valence-corrected chi connectivity index (χ4v) is 4.99. The molecule has 0 radical (unpaired) electrons. The van der Waals surface area contributed by atoms with Crippen molar-refractivity contribution in [1.29, 1.82) is 0 Å². The van der Waals surface area contributed by atoms with E-state index in [2.05, 4.69) is 19.2 Å². The minimum absolute atomic E-state index is 0.156. The molecule has 0 bridgehead atoms. The lowest BCUT2D eigenvalue weighted by Crippen LogP contribution is -2.63. The maximum absolute atomic E-state index is 12.1. The smallest absolute Gasteiger partial charge is 0.238 e. The molecule has 1 heterocycles. The zero-order valence-corrected chi connectivity index (χ0v) is 13.2. The van der Waals surface area contributed by atoms with Gasteiger partial charge >= 0.3 is 0 Å². The Kier molecular flexibility index (Phi) is 4.83. The predicted molar refractivity (Wildman–Crippen MR) is 82.3 cm³/mol. The molecule has 1 saturated heterocycles. The SMILES string of the molecule is CC1(C)CSCC(NC2CCCCCC2)(C(N)=O)C1. The Bertz CT molecular complexity index is 324. The number of nitrogens with two attached hydrogens (primary N) is 1. The third-order valence-corrected chi connectivity index (χ3v) is 6.11. The monoisotopic (exact) mass is 284 g/mol. The van der Waals surface area contributed by atoms with Crippen LogP contribution in [-0.2, 0) is 4.79 Å². The van der Waals surface area contributed by atoms with Gasteiger partial charge in [-0.25, -0.2) is 0 Å². The zero-order chi connectivity index (χ0) is 13.9. The van der Waals surface area contributed by atoms with E-state index in [0.717, 1.165) is 17.9 Å². The van der Waals surface area contributed by atoms with Gasteiger partial charge in [0.25, 0.3) is 0 Å². The molecule has 2 aliphatic rings. The van der Waals surface area contributed by atoms with E-state index in [4.69, 9.17) is 5.73 Å². The maximum atomic E-state index is 12.1. The van der Waals surface area contributed by atoms with Gasteiger partial charge < -0.3 is 5.73 Å². The van der Waals surface area contributed by atoms with Crippen molar-refractivity contribution in [2.24, 2.45) is 11.1 Å². The molecule has 1 unspecified atom stereocenters. The minimum Gasteiger partial charge on any atom is -0.368 e. The molecular formula is C15H28N2OS. The summed E-state index contributed by atoms with van der Waals surface area (Å²) in [4.78, 5) is 12.1. The molecule has 1 amide bonds. The van der Waals surface area contributed by atoms with E-state index in [9.17, 15) is 4.79 Å². The van der Waals surface area contributed by atoms with Crippen LogP contribution in [0.5, 0.6) is 0 Å². The highest BCUT2D eigenvalue weighted by Gasteiger charge is 2.45. The predicted octanol–water partition coefficient (Wildman–Crippen LogP) is 2.69. The minimum atomic E-state index is -0.485. The number of carbonyl (C=O) groups excluding carboxylic acids is 1. The first-order chi connectivity index (χ1) is 8.94. The largest absolute Gasteiger partial charge is 0.368 e. The number of carbonyl (C=O) groups is 1. The summed E-state index contributed by atoms with van der Waals surface area (Å²) < 4.78 is 0. The Labute approximate surface area is 121 Å². The van der Waals surface area contributed by atoms with E-state index in [-0.39, 0.29) is 11.3 Å². The molecule has 2 fully saturated rings. The van der Waals surface area contributed by atoms with Gasteiger partial charge in [-0.2, -0.15) is 11.8 Å². The molecule has 4 heteroatoms. The summed E-state index contributed by atoms with van der Waals surface area (Å²) in [5.41, 5.74) is 5.47. The van der Waals surface area contributed by atoms with Crippen LogP contribution in [0.15, 0.2) is 0 Å². The second-order valence-electron chi connectivity index (χ2n) is 7.11. The average Bonchev–Trinajstić information content (AvgIpc) is 2.56. The summed E-state index contributed by atoms with van der Waals surface area (Å²) >= 11 is 1.87. The van der Waals surface area contributed by atoms with Crippen molar-refractivity contribution in [3.8, 4) is 0 Å². The molecule has 1 aliphatic heterocycles. The molecule has 3 nitrogen and oxygen atoms in total. The summed E-state index contributed by atoms with van der Waals surface area (Å²) in [6.45, 7) is 4.48. The van der Waals surface area contributed by atoms with Crippen LogP contribution in [0.3, 0.4) is 0 Å². The van der Waals surface area contributed by atoms with Crippen LogP contribution in [0.4, 0.5) is 0 Å². The van der Waals surface area contributed by atoms with Crippen molar-refractivity contribution < 1.29 is 4.79 Å². The van der Waals surface area contributed by atoms with Crippen molar-refractivity contribution in [3.05, 3.63) is 0 Å². The first-order valence-corrected chi connectivity index (χ1v) is 8.74. The third-order valence-electron chi connectivity index (χ3n) is 4.43. The van der Waals surface area contributed by atoms with Crippen LogP contribution in [-0.4, -0.2) is 29.0 Å². The number of primary amides is 1. The standard InChI is InChI=1S/C15H28N2OS/c1-14(2)9-15(13(16)18,11-19-10-14)17-12-7-5-3-4-6-8-12/h12,17H,3-11H2,1-2H3,(H2,16,18). The number of hydrogen-bond donors (Lipinski definition) is 2. The van der Waals surface area contributed by atoms with Crippen LogP contribution < -0.4 is 11.1 Å². The maximum Gasteiger partial charge on any atom is 0.238 e. The summed E-state index contributed by atoms with van der Waals surface area (Å²) in [6.07, 6.45) is 8.50. The van der Waals surface area contributed by atoms with Gasteiger partial charge in [0.05, 0.1) is 0 Å². The first-order valence-electron chi connectivity index (χ1n) is 7.59. The fourth-order valence-electron chi connectivity index (χ4n) is 3.56. The highest BCUT2D eigenvalue weighted by Crippen LogP contribution is 2.39. The molecule has 19 heavy (non-hydrogen) atoms. The van der Waals surface area contributed by atoms with Crippen molar-refractivity contribution in [1.82, 2.24) is 5.32 Å². The van der Waals surface area contributed by atoms with Gasteiger partial charge in [0, 0.05) is 11.8 Å². The molecule has 3 N–H and O–H groups in total. The van der Waals surface area contributed by atoms with Gasteiger partial charge in [-0.3, -0.25) is 10.1 Å². The normalized spacial score (nSPS) is 32.7. The molecule has 0 aromatic heterocycles. The lowest BCUT2D eigenvalue weighted by molar-refractivity contribution is -0.125. The second kappa shape index (κ2) is 6.04.